The Morgan fingerprint density at radius 1 is 1.54 bits per heavy atom. The molecule has 0 N–H and O–H groups in total. The second kappa shape index (κ2) is 3.60. The van der Waals surface area contributed by atoms with Crippen LogP contribution in [0.15, 0.2) is 11.5 Å². The lowest BCUT2D eigenvalue weighted by molar-refractivity contribution is 0.372. The van der Waals surface area contributed by atoms with Crippen molar-refractivity contribution < 1.29 is 0 Å². The molecule has 0 aliphatic carbocycles. The minimum absolute atomic E-state index is 1.04. The van der Waals surface area contributed by atoms with Gasteiger partial charge in [0.05, 0.1) is 10.7 Å². The first-order chi connectivity index (χ1) is 6.25. The van der Waals surface area contributed by atoms with Crippen LogP contribution in [0.5, 0.6) is 0 Å². The Bertz CT molecular complexity index is 327. The van der Waals surface area contributed by atoms with Gasteiger partial charge in [0.1, 0.15) is 0 Å². The highest BCUT2D eigenvalue weighted by molar-refractivity contribution is 7.09. The van der Waals surface area contributed by atoms with Crippen molar-refractivity contribution in [1.82, 2.24) is 9.88 Å². The molecule has 70 valence electrons. The summed E-state index contributed by atoms with van der Waals surface area (Å²) in [7, 11) is 2.16. The van der Waals surface area contributed by atoms with E-state index in [0.29, 0.717) is 0 Å². The highest BCUT2D eigenvalue weighted by atomic mass is 32.1. The zero-order chi connectivity index (χ0) is 9.26. The van der Waals surface area contributed by atoms with Crippen LogP contribution in [0.3, 0.4) is 0 Å². The summed E-state index contributed by atoms with van der Waals surface area (Å²) in [6, 6.07) is 0. The molecule has 1 aliphatic rings. The smallest absolute Gasteiger partial charge is 0.0901 e. The van der Waals surface area contributed by atoms with Crippen molar-refractivity contribution in [2.45, 2.75) is 13.3 Å². The van der Waals surface area contributed by atoms with Gasteiger partial charge in [-0.05, 0) is 26.0 Å². The Kier molecular flexibility index (Phi) is 2.47. The molecule has 0 fully saturated rings. The summed E-state index contributed by atoms with van der Waals surface area (Å²) in [4.78, 5) is 6.83. The Hall–Kier alpha value is -0.670. The van der Waals surface area contributed by atoms with Crippen molar-refractivity contribution in [3.05, 3.63) is 22.2 Å². The molecule has 0 unspecified atom stereocenters. The molecule has 0 atom stereocenters. The van der Waals surface area contributed by atoms with Crippen molar-refractivity contribution in [2.75, 3.05) is 20.1 Å². The first-order valence-electron chi connectivity index (χ1n) is 4.56. The van der Waals surface area contributed by atoms with Crippen LogP contribution >= 0.6 is 11.3 Å². The largest absolute Gasteiger partial charge is 0.302 e. The van der Waals surface area contributed by atoms with Crippen molar-refractivity contribution in [3.63, 3.8) is 0 Å². The van der Waals surface area contributed by atoms with E-state index < -0.39 is 0 Å². The Morgan fingerprint density at radius 2 is 2.38 bits per heavy atom. The van der Waals surface area contributed by atoms with E-state index in [-0.39, 0.29) is 0 Å². The fourth-order valence-corrected chi connectivity index (χ4v) is 2.23. The van der Waals surface area contributed by atoms with Gasteiger partial charge in [0, 0.05) is 18.5 Å². The van der Waals surface area contributed by atoms with E-state index in [4.69, 9.17) is 0 Å². The average Bonchev–Trinajstić information content (AvgIpc) is 2.52. The molecular weight excluding hydrogens is 180 g/mol. The van der Waals surface area contributed by atoms with Crippen molar-refractivity contribution in [2.24, 2.45) is 0 Å². The number of hydrogen-bond acceptors (Lipinski definition) is 3. The number of nitrogens with zero attached hydrogens (tertiary/aromatic N) is 2. The summed E-state index contributed by atoms with van der Waals surface area (Å²) in [5.41, 5.74) is 2.56. The van der Waals surface area contributed by atoms with Gasteiger partial charge in [-0.2, -0.15) is 0 Å². The molecule has 0 radical (unpaired) electrons. The number of hydrogen-bond donors (Lipinski definition) is 0. The highest BCUT2D eigenvalue weighted by Gasteiger charge is 2.11. The number of rotatable bonds is 1. The normalized spacial score (nSPS) is 18.8. The molecule has 2 nitrogen and oxygen atoms in total. The van der Waals surface area contributed by atoms with Crippen LogP contribution in [0, 0.1) is 6.92 Å². The van der Waals surface area contributed by atoms with Crippen molar-refractivity contribution >= 4 is 16.9 Å². The standard InChI is InChI=1S/C10H14N2S/c1-8-11-10(7-13-8)9-4-3-5-12(2)6-9/h4,7H,3,5-6H2,1-2H3. The topological polar surface area (TPSA) is 16.1 Å². The van der Waals surface area contributed by atoms with Crippen LogP contribution in [-0.4, -0.2) is 30.0 Å². The van der Waals surface area contributed by atoms with Gasteiger partial charge >= 0.3 is 0 Å². The van der Waals surface area contributed by atoms with Gasteiger partial charge in [-0.1, -0.05) is 6.08 Å². The van der Waals surface area contributed by atoms with Crippen LogP contribution in [-0.2, 0) is 0 Å². The second-order valence-corrected chi connectivity index (χ2v) is 4.57. The zero-order valence-corrected chi connectivity index (χ0v) is 8.90. The molecule has 0 amide bonds. The molecule has 0 saturated carbocycles. The van der Waals surface area contributed by atoms with E-state index in [1.165, 1.54) is 17.8 Å². The number of aryl methyl sites for hydroxylation is 1. The van der Waals surface area contributed by atoms with Gasteiger partial charge < -0.3 is 4.90 Å². The number of aromatic nitrogens is 1. The predicted octanol–water partition coefficient (Wildman–Crippen LogP) is 2.17. The fraction of sp³-hybridized carbons (Fsp3) is 0.500. The SMILES string of the molecule is Cc1nc(C2=CCCN(C)C2)cs1. The van der Waals surface area contributed by atoms with Gasteiger partial charge in [-0.15, -0.1) is 11.3 Å². The van der Waals surface area contributed by atoms with Crippen LogP contribution < -0.4 is 0 Å². The molecule has 0 saturated heterocycles. The fourth-order valence-electron chi connectivity index (χ4n) is 1.59. The Morgan fingerprint density at radius 3 is 3.00 bits per heavy atom. The molecule has 0 spiro atoms. The molecule has 1 aliphatic heterocycles. The third kappa shape index (κ3) is 1.98. The van der Waals surface area contributed by atoms with Crippen LogP contribution in [0.2, 0.25) is 0 Å². The van der Waals surface area contributed by atoms with Gasteiger partial charge in [-0.25, -0.2) is 4.98 Å². The lowest BCUT2D eigenvalue weighted by atomic mass is 10.1. The Balaban J connectivity index is 2.21. The lowest BCUT2D eigenvalue weighted by Crippen LogP contribution is -2.24. The van der Waals surface area contributed by atoms with E-state index in [0.717, 1.165) is 18.0 Å². The molecule has 1 aromatic rings. The van der Waals surface area contributed by atoms with Crippen LogP contribution in [0.25, 0.3) is 5.57 Å². The minimum Gasteiger partial charge on any atom is -0.302 e. The molecule has 3 heteroatoms. The molecular formula is C10H14N2S. The van der Waals surface area contributed by atoms with E-state index in [2.05, 4.69) is 35.3 Å². The van der Waals surface area contributed by atoms with E-state index in [1.54, 1.807) is 11.3 Å². The summed E-state index contributed by atoms with van der Waals surface area (Å²) in [5, 5.41) is 3.31. The third-order valence-electron chi connectivity index (χ3n) is 2.29. The summed E-state index contributed by atoms with van der Waals surface area (Å²) in [6.07, 6.45) is 3.47. The maximum absolute atomic E-state index is 4.49. The molecule has 2 heterocycles. The summed E-state index contributed by atoms with van der Waals surface area (Å²) in [6.45, 7) is 4.27. The molecule has 2 rings (SSSR count). The quantitative estimate of drug-likeness (QED) is 0.681. The molecule has 1 aromatic heterocycles. The van der Waals surface area contributed by atoms with Gasteiger partial charge in [-0.3, -0.25) is 0 Å². The molecule has 0 aromatic carbocycles. The average molecular weight is 194 g/mol. The van der Waals surface area contributed by atoms with Gasteiger partial charge in [0.2, 0.25) is 0 Å². The summed E-state index contributed by atoms with van der Waals surface area (Å²) < 4.78 is 0. The lowest BCUT2D eigenvalue weighted by Gasteiger charge is -2.21. The van der Waals surface area contributed by atoms with Crippen LogP contribution in [0.4, 0.5) is 0 Å². The van der Waals surface area contributed by atoms with E-state index in [9.17, 15) is 0 Å². The van der Waals surface area contributed by atoms with E-state index >= 15 is 0 Å². The van der Waals surface area contributed by atoms with E-state index in [1.807, 2.05) is 0 Å². The maximum Gasteiger partial charge on any atom is 0.0901 e. The van der Waals surface area contributed by atoms with Crippen LogP contribution in [0.1, 0.15) is 17.1 Å². The predicted molar refractivity (Wildman–Crippen MR) is 56.9 cm³/mol. The van der Waals surface area contributed by atoms with Crippen molar-refractivity contribution in [1.29, 1.82) is 0 Å². The first kappa shape index (κ1) is 8.91. The maximum atomic E-state index is 4.49. The third-order valence-corrected chi connectivity index (χ3v) is 3.06. The Labute approximate surface area is 82.9 Å². The highest BCUT2D eigenvalue weighted by Crippen LogP contribution is 2.21. The van der Waals surface area contributed by atoms with Gasteiger partial charge in [0.25, 0.3) is 0 Å². The summed E-state index contributed by atoms with van der Waals surface area (Å²) >= 11 is 1.73. The van der Waals surface area contributed by atoms with Gasteiger partial charge in [0.15, 0.2) is 0 Å². The first-order valence-corrected chi connectivity index (χ1v) is 5.44. The zero-order valence-electron chi connectivity index (χ0n) is 8.08. The van der Waals surface area contributed by atoms with Crippen molar-refractivity contribution in [3.8, 4) is 0 Å². The second-order valence-electron chi connectivity index (χ2n) is 3.51. The summed E-state index contributed by atoms with van der Waals surface area (Å²) in [5.74, 6) is 0. The minimum atomic E-state index is 1.04. The molecule has 13 heavy (non-hydrogen) atoms. The monoisotopic (exact) mass is 194 g/mol. The molecule has 0 bridgehead atoms. The number of thiazole rings is 1. The number of likely N-dealkylation sites (N-methyl/N-ethyl adjacent to an activating group) is 1.